The minimum absolute atomic E-state index is 0.0119. The van der Waals surface area contributed by atoms with Gasteiger partial charge in [0.15, 0.2) is 0 Å². The minimum Gasteiger partial charge on any atom is -0.333 e. The van der Waals surface area contributed by atoms with Gasteiger partial charge in [0.05, 0.1) is 12.2 Å². The Morgan fingerprint density at radius 2 is 2.50 bits per heavy atom. The quantitative estimate of drug-likeness (QED) is 0.734. The number of carbonyl (C=O) groups excluding carboxylic acids is 1. The predicted octanol–water partition coefficient (Wildman–Crippen LogP) is 1.27. The van der Waals surface area contributed by atoms with Crippen LogP contribution in [0.1, 0.15) is 18.5 Å². The summed E-state index contributed by atoms with van der Waals surface area (Å²) in [6.07, 6.45) is 2.17. The third kappa shape index (κ3) is 2.22. The van der Waals surface area contributed by atoms with Gasteiger partial charge in [0.1, 0.15) is 5.88 Å². The molecule has 1 amide bonds. The van der Waals surface area contributed by atoms with Crippen LogP contribution in [0.3, 0.4) is 0 Å². The Morgan fingerprint density at radius 3 is 3.00 bits per heavy atom. The molecule has 76 valence electrons. The molecule has 14 heavy (non-hydrogen) atoms. The van der Waals surface area contributed by atoms with Gasteiger partial charge >= 0.3 is 0 Å². The van der Waals surface area contributed by atoms with Crippen LogP contribution in [0.5, 0.6) is 0 Å². The second-order valence-electron chi connectivity index (χ2n) is 3.28. The first kappa shape index (κ1) is 9.86. The Kier molecular flexibility index (Phi) is 2.98. The third-order valence-corrected chi connectivity index (χ3v) is 2.94. The highest BCUT2D eigenvalue weighted by atomic mass is 35.5. The number of nitrogens with zero attached hydrogens (tertiary/aromatic N) is 3. The van der Waals surface area contributed by atoms with Crippen LogP contribution in [-0.4, -0.2) is 32.3 Å². The highest BCUT2D eigenvalue weighted by Gasteiger charge is 2.32. The smallest absolute Gasteiger partial charge is 0.238 e. The summed E-state index contributed by atoms with van der Waals surface area (Å²) in [4.78, 5) is 13.3. The Morgan fingerprint density at radius 1 is 1.71 bits per heavy atom. The van der Waals surface area contributed by atoms with Gasteiger partial charge < -0.3 is 4.90 Å². The fourth-order valence-corrected chi connectivity index (χ4v) is 1.91. The monoisotopic (exact) mass is 231 g/mol. The molecule has 0 unspecified atom stereocenters. The Hall–Kier alpha value is -0.680. The second kappa shape index (κ2) is 4.23. The van der Waals surface area contributed by atoms with E-state index in [9.17, 15) is 4.79 Å². The zero-order valence-electron chi connectivity index (χ0n) is 7.52. The Labute approximate surface area is 91.0 Å². The predicted molar refractivity (Wildman–Crippen MR) is 54.2 cm³/mol. The van der Waals surface area contributed by atoms with E-state index in [1.165, 1.54) is 11.5 Å². The molecule has 0 N–H and O–H groups in total. The van der Waals surface area contributed by atoms with Gasteiger partial charge in [-0.05, 0) is 24.4 Å². The van der Waals surface area contributed by atoms with Crippen molar-refractivity contribution in [3.8, 4) is 0 Å². The summed E-state index contributed by atoms with van der Waals surface area (Å²) in [6.45, 7) is 0.548. The van der Waals surface area contributed by atoms with E-state index >= 15 is 0 Å². The van der Waals surface area contributed by atoms with Crippen LogP contribution in [0, 0.1) is 0 Å². The molecule has 1 aromatic rings. The molecule has 0 aromatic carbocycles. The van der Waals surface area contributed by atoms with Crippen molar-refractivity contribution >= 4 is 29.0 Å². The Bertz CT molecular complexity index is 312. The summed E-state index contributed by atoms with van der Waals surface area (Å²) < 4.78 is 3.76. The van der Waals surface area contributed by atoms with Crippen LogP contribution in [0.4, 0.5) is 0 Å². The van der Waals surface area contributed by atoms with E-state index in [1.54, 1.807) is 4.90 Å². The maximum absolute atomic E-state index is 11.5. The first-order valence-electron chi connectivity index (χ1n) is 4.42. The van der Waals surface area contributed by atoms with Gasteiger partial charge in [0.25, 0.3) is 0 Å². The van der Waals surface area contributed by atoms with Crippen LogP contribution >= 0.6 is 23.1 Å². The lowest BCUT2D eigenvalue weighted by Gasteiger charge is -2.19. The van der Waals surface area contributed by atoms with Crippen molar-refractivity contribution in [1.29, 1.82) is 0 Å². The van der Waals surface area contributed by atoms with Gasteiger partial charge in [-0.1, -0.05) is 4.49 Å². The number of hydrogen-bond donors (Lipinski definition) is 0. The van der Waals surface area contributed by atoms with Crippen molar-refractivity contribution in [3.05, 3.63) is 11.1 Å². The fraction of sp³-hybridized carbons (Fsp3) is 0.625. The summed E-state index contributed by atoms with van der Waals surface area (Å²) in [5, 5.41) is 5.77. The standard InChI is InChI=1S/C8H10ClN3OS/c9-3-8(13)12(7-1-2-7)4-6-5-14-11-10-6/h5,7H,1-4H2. The highest BCUT2D eigenvalue weighted by Crippen LogP contribution is 2.28. The van der Waals surface area contributed by atoms with E-state index in [0.717, 1.165) is 18.5 Å². The average Bonchev–Trinajstić information content (AvgIpc) is 2.92. The molecule has 1 aliphatic rings. The lowest BCUT2D eigenvalue weighted by atomic mass is 10.4. The van der Waals surface area contributed by atoms with E-state index in [0.29, 0.717) is 12.6 Å². The maximum Gasteiger partial charge on any atom is 0.238 e. The summed E-state index contributed by atoms with van der Waals surface area (Å²) in [5.74, 6) is 0.0378. The van der Waals surface area contributed by atoms with Crippen molar-refractivity contribution < 1.29 is 4.79 Å². The van der Waals surface area contributed by atoms with Crippen LogP contribution in [0.2, 0.25) is 0 Å². The third-order valence-electron chi connectivity index (χ3n) is 2.16. The van der Waals surface area contributed by atoms with Crippen LogP contribution < -0.4 is 0 Å². The Balaban J connectivity index is 2.00. The van der Waals surface area contributed by atoms with Gasteiger partial charge in [-0.15, -0.1) is 16.7 Å². The van der Waals surface area contributed by atoms with E-state index in [4.69, 9.17) is 11.6 Å². The average molecular weight is 232 g/mol. The number of alkyl halides is 1. The maximum atomic E-state index is 11.5. The normalized spacial score (nSPS) is 15.5. The van der Waals surface area contributed by atoms with Crippen molar-refractivity contribution in [2.24, 2.45) is 0 Å². The number of hydrogen-bond acceptors (Lipinski definition) is 4. The summed E-state index contributed by atoms with van der Waals surface area (Å²) in [7, 11) is 0. The van der Waals surface area contributed by atoms with Gasteiger partial charge in [0.2, 0.25) is 5.91 Å². The molecule has 0 aliphatic heterocycles. The molecule has 0 saturated heterocycles. The summed E-state index contributed by atoms with van der Waals surface area (Å²) in [5.41, 5.74) is 0.848. The van der Waals surface area contributed by atoms with Crippen LogP contribution in [0.15, 0.2) is 5.38 Å². The van der Waals surface area contributed by atoms with E-state index in [1.807, 2.05) is 5.38 Å². The molecule has 1 aromatic heterocycles. The largest absolute Gasteiger partial charge is 0.333 e. The van der Waals surface area contributed by atoms with Crippen molar-refractivity contribution in [2.75, 3.05) is 5.88 Å². The lowest BCUT2D eigenvalue weighted by Crippen LogP contribution is -2.33. The van der Waals surface area contributed by atoms with Crippen molar-refractivity contribution in [1.82, 2.24) is 14.5 Å². The molecular formula is C8H10ClN3OS. The SMILES string of the molecule is O=C(CCl)N(Cc1csnn1)C1CC1. The number of carbonyl (C=O) groups is 1. The highest BCUT2D eigenvalue weighted by molar-refractivity contribution is 7.03. The zero-order chi connectivity index (χ0) is 9.97. The van der Waals surface area contributed by atoms with Crippen LogP contribution in [-0.2, 0) is 11.3 Å². The van der Waals surface area contributed by atoms with Gasteiger partial charge in [-0.25, -0.2) is 0 Å². The molecule has 6 heteroatoms. The van der Waals surface area contributed by atoms with Crippen LogP contribution in [0.25, 0.3) is 0 Å². The van der Waals surface area contributed by atoms with E-state index in [-0.39, 0.29) is 11.8 Å². The molecule has 2 rings (SSSR count). The molecule has 1 heterocycles. The summed E-state index contributed by atoms with van der Waals surface area (Å²) in [6, 6.07) is 0.378. The van der Waals surface area contributed by atoms with Crippen molar-refractivity contribution in [3.63, 3.8) is 0 Å². The number of rotatable bonds is 4. The molecule has 4 nitrogen and oxygen atoms in total. The molecule has 1 saturated carbocycles. The molecule has 1 aliphatic carbocycles. The fourth-order valence-electron chi connectivity index (χ4n) is 1.31. The second-order valence-corrected chi connectivity index (χ2v) is 4.16. The van der Waals surface area contributed by atoms with E-state index < -0.39 is 0 Å². The molecule has 1 fully saturated rings. The van der Waals surface area contributed by atoms with Gasteiger partial charge in [-0.2, -0.15) is 0 Å². The molecular weight excluding hydrogens is 222 g/mol. The van der Waals surface area contributed by atoms with Crippen molar-refractivity contribution in [2.45, 2.75) is 25.4 Å². The molecule has 0 radical (unpaired) electrons. The lowest BCUT2D eigenvalue weighted by molar-refractivity contribution is -0.129. The molecule has 0 spiro atoms. The summed E-state index contributed by atoms with van der Waals surface area (Å²) >= 11 is 6.84. The van der Waals surface area contributed by atoms with Gasteiger partial charge in [-0.3, -0.25) is 4.79 Å². The van der Waals surface area contributed by atoms with E-state index in [2.05, 4.69) is 9.59 Å². The number of amides is 1. The first-order valence-corrected chi connectivity index (χ1v) is 5.79. The van der Waals surface area contributed by atoms with Gasteiger partial charge in [0, 0.05) is 11.4 Å². The topological polar surface area (TPSA) is 46.1 Å². The molecule has 0 bridgehead atoms. The number of halogens is 1. The zero-order valence-corrected chi connectivity index (χ0v) is 9.09. The first-order chi connectivity index (χ1) is 6.81. The number of aromatic nitrogens is 2. The minimum atomic E-state index is -0.0119. The molecule has 0 atom stereocenters.